The van der Waals surface area contributed by atoms with Gasteiger partial charge in [0.15, 0.2) is 0 Å². The summed E-state index contributed by atoms with van der Waals surface area (Å²) in [5.74, 6) is -2.06. The lowest BCUT2D eigenvalue weighted by atomic mass is 10.1. The zero-order valence-electron chi connectivity index (χ0n) is 19.2. The lowest BCUT2D eigenvalue weighted by Crippen LogP contribution is -2.55. The van der Waals surface area contributed by atoms with Gasteiger partial charge in [-0.15, -0.1) is 0 Å². The molecule has 4 amide bonds. The summed E-state index contributed by atoms with van der Waals surface area (Å²) in [6.07, 6.45) is -0.895. The number of amides is 4. The maximum absolute atomic E-state index is 12.9. The van der Waals surface area contributed by atoms with Crippen LogP contribution >= 0.6 is 0 Å². The zero-order chi connectivity index (χ0) is 24.4. The summed E-state index contributed by atoms with van der Waals surface area (Å²) in [4.78, 5) is 52.7. The van der Waals surface area contributed by atoms with Crippen molar-refractivity contribution in [1.29, 1.82) is 0 Å². The Bertz CT molecular complexity index is 844. The Morgan fingerprint density at radius 1 is 1.24 bits per heavy atom. The van der Waals surface area contributed by atoms with Gasteiger partial charge >= 0.3 is 0 Å². The average Bonchev–Trinajstić information content (AvgIpc) is 2.76. The Hall–Kier alpha value is -3.18. The minimum Gasteiger partial charge on any atom is -0.491 e. The maximum atomic E-state index is 12.9. The predicted molar refractivity (Wildman–Crippen MR) is 121 cm³/mol. The summed E-state index contributed by atoms with van der Waals surface area (Å²) >= 11 is 0. The highest BCUT2D eigenvalue weighted by Gasteiger charge is 2.30. The molecule has 0 aromatic heterocycles. The molecule has 0 fully saturated rings. The molecule has 1 aromatic carbocycles. The van der Waals surface area contributed by atoms with Crippen LogP contribution in [0.4, 0.5) is 0 Å². The van der Waals surface area contributed by atoms with Gasteiger partial charge in [-0.3, -0.25) is 19.2 Å². The number of benzene rings is 1. The molecule has 11 heteroatoms. The van der Waals surface area contributed by atoms with E-state index in [-0.39, 0.29) is 24.5 Å². The number of fused-ring (bicyclic) bond motifs is 1. The summed E-state index contributed by atoms with van der Waals surface area (Å²) < 4.78 is 5.63. The molecular formula is C22H33N5O6. The monoisotopic (exact) mass is 463 g/mol. The van der Waals surface area contributed by atoms with Gasteiger partial charge in [-0.1, -0.05) is 12.1 Å². The molecule has 1 aliphatic rings. The number of carbonyl (C=O) groups is 4. The first-order valence-corrected chi connectivity index (χ1v) is 10.9. The van der Waals surface area contributed by atoms with Gasteiger partial charge in [-0.05, 0) is 46.1 Å². The van der Waals surface area contributed by atoms with E-state index in [4.69, 9.17) is 4.74 Å². The van der Waals surface area contributed by atoms with Crippen molar-refractivity contribution in [3.8, 4) is 5.75 Å². The molecule has 182 valence electrons. The molecule has 0 spiro atoms. The second-order valence-electron chi connectivity index (χ2n) is 8.10. The first kappa shape index (κ1) is 26.1. The number of aliphatic hydroxyl groups excluding tert-OH is 1. The van der Waals surface area contributed by atoms with Crippen LogP contribution in [0.1, 0.15) is 30.1 Å². The van der Waals surface area contributed by atoms with Crippen LogP contribution in [-0.4, -0.2) is 92.2 Å². The summed E-state index contributed by atoms with van der Waals surface area (Å²) in [6.45, 7) is 2.66. The Labute approximate surface area is 193 Å². The number of aliphatic hydroxyl groups is 1. The fraction of sp³-hybridized carbons (Fsp3) is 0.545. The molecule has 5 N–H and O–H groups in total. The highest BCUT2D eigenvalue weighted by molar-refractivity contribution is 6.01. The number of hydrogen-bond donors (Lipinski definition) is 5. The van der Waals surface area contributed by atoms with Crippen LogP contribution in [0.15, 0.2) is 24.3 Å². The number of ether oxygens (including phenoxy) is 1. The van der Waals surface area contributed by atoms with E-state index < -0.39 is 48.2 Å². The molecule has 1 aliphatic heterocycles. The van der Waals surface area contributed by atoms with Crippen molar-refractivity contribution in [3.63, 3.8) is 0 Å². The van der Waals surface area contributed by atoms with E-state index in [0.29, 0.717) is 13.0 Å². The zero-order valence-corrected chi connectivity index (χ0v) is 19.2. The molecule has 1 heterocycles. The van der Waals surface area contributed by atoms with E-state index >= 15 is 0 Å². The lowest BCUT2D eigenvalue weighted by molar-refractivity contribution is -0.133. The van der Waals surface area contributed by atoms with Crippen molar-refractivity contribution in [3.05, 3.63) is 29.8 Å². The van der Waals surface area contributed by atoms with Crippen LogP contribution in [0.5, 0.6) is 5.75 Å². The molecule has 11 nitrogen and oxygen atoms in total. The summed E-state index contributed by atoms with van der Waals surface area (Å²) in [7, 11) is 3.83. The van der Waals surface area contributed by atoms with Gasteiger partial charge in [0.2, 0.25) is 17.7 Å². The van der Waals surface area contributed by atoms with Gasteiger partial charge in [0.1, 0.15) is 24.4 Å². The normalized spacial score (nSPS) is 20.9. The molecule has 33 heavy (non-hydrogen) atoms. The summed E-state index contributed by atoms with van der Waals surface area (Å²) in [6, 6.07) is 4.09. The van der Waals surface area contributed by atoms with Crippen LogP contribution in [0.25, 0.3) is 0 Å². The van der Waals surface area contributed by atoms with Gasteiger partial charge in [0.25, 0.3) is 5.91 Å². The number of rotatable bonds is 6. The molecule has 1 aromatic rings. The van der Waals surface area contributed by atoms with Crippen molar-refractivity contribution >= 4 is 23.6 Å². The second kappa shape index (κ2) is 12.8. The van der Waals surface area contributed by atoms with E-state index in [2.05, 4.69) is 21.3 Å². The SMILES string of the molecule is C[C@@H](O)[C@@H]1NC(=O)C[C@@H](C(=O)NCCCN(C)C)NC(=O)c2ccccc2OCCNC1=O. The first-order chi connectivity index (χ1) is 15.7. The van der Waals surface area contributed by atoms with Gasteiger partial charge < -0.3 is 36.0 Å². The van der Waals surface area contributed by atoms with Crippen LogP contribution in [0.3, 0.4) is 0 Å². The third kappa shape index (κ3) is 8.35. The molecular weight excluding hydrogens is 430 g/mol. The van der Waals surface area contributed by atoms with Crippen LogP contribution in [0, 0.1) is 0 Å². The first-order valence-electron chi connectivity index (χ1n) is 10.9. The van der Waals surface area contributed by atoms with E-state index in [1.54, 1.807) is 24.3 Å². The fourth-order valence-electron chi connectivity index (χ4n) is 3.22. The highest BCUT2D eigenvalue weighted by Crippen LogP contribution is 2.18. The van der Waals surface area contributed by atoms with Gasteiger partial charge in [-0.25, -0.2) is 0 Å². The molecule has 0 saturated carbocycles. The number of para-hydroxylation sites is 1. The van der Waals surface area contributed by atoms with Crippen LogP contribution in [-0.2, 0) is 14.4 Å². The molecule has 3 atom stereocenters. The molecule has 0 saturated heterocycles. The number of nitrogens with zero attached hydrogens (tertiary/aromatic N) is 1. The molecule has 0 bridgehead atoms. The van der Waals surface area contributed by atoms with Crippen molar-refractivity contribution < 1.29 is 29.0 Å². The Morgan fingerprint density at radius 3 is 2.67 bits per heavy atom. The smallest absolute Gasteiger partial charge is 0.255 e. The highest BCUT2D eigenvalue weighted by atomic mass is 16.5. The fourth-order valence-corrected chi connectivity index (χ4v) is 3.22. The van der Waals surface area contributed by atoms with Crippen molar-refractivity contribution in [2.45, 2.75) is 38.0 Å². The minimum atomic E-state index is -1.22. The summed E-state index contributed by atoms with van der Waals surface area (Å²) in [5, 5.41) is 20.3. The van der Waals surface area contributed by atoms with Gasteiger partial charge in [0, 0.05) is 6.54 Å². The molecule has 0 unspecified atom stereocenters. The Balaban J connectivity index is 2.25. The van der Waals surface area contributed by atoms with Crippen LogP contribution < -0.4 is 26.0 Å². The quantitative estimate of drug-likeness (QED) is 0.326. The van der Waals surface area contributed by atoms with E-state index in [0.717, 1.165) is 6.54 Å². The molecule has 0 radical (unpaired) electrons. The van der Waals surface area contributed by atoms with E-state index in [1.165, 1.54) is 6.92 Å². The van der Waals surface area contributed by atoms with Crippen molar-refractivity contribution in [2.75, 3.05) is 40.3 Å². The average molecular weight is 464 g/mol. The largest absolute Gasteiger partial charge is 0.491 e. The number of hydrogen-bond acceptors (Lipinski definition) is 7. The minimum absolute atomic E-state index is 0.0618. The Kier molecular flexibility index (Phi) is 10.1. The second-order valence-corrected chi connectivity index (χ2v) is 8.10. The third-order valence-electron chi connectivity index (χ3n) is 4.96. The number of nitrogens with one attached hydrogen (secondary N) is 4. The van der Waals surface area contributed by atoms with Crippen LogP contribution in [0.2, 0.25) is 0 Å². The van der Waals surface area contributed by atoms with Gasteiger partial charge in [0.05, 0.1) is 24.6 Å². The summed E-state index contributed by atoms with van der Waals surface area (Å²) in [5.41, 5.74) is 0.202. The standard InChI is InChI=1S/C22H33N5O6/c1-14(28)19-22(32)24-10-12-33-17-8-5-4-7-15(17)20(30)25-16(13-18(29)26-19)21(31)23-9-6-11-27(2)3/h4-5,7-8,14,16,19,28H,6,9-13H2,1-3H3,(H,23,31)(H,24,32)(H,25,30)(H,26,29)/t14-,16+,19+/m1/s1. The van der Waals surface area contributed by atoms with Crippen molar-refractivity contribution in [2.24, 2.45) is 0 Å². The lowest BCUT2D eigenvalue weighted by Gasteiger charge is -2.24. The number of carbonyl (C=O) groups excluding carboxylic acids is 4. The molecule has 0 aliphatic carbocycles. The van der Waals surface area contributed by atoms with Gasteiger partial charge in [-0.2, -0.15) is 0 Å². The van der Waals surface area contributed by atoms with Crippen molar-refractivity contribution in [1.82, 2.24) is 26.2 Å². The maximum Gasteiger partial charge on any atom is 0.255 e. The third-order valence-corrected chi connectivity index (χ3v) is 4.96. The topological polar surface area (TPSA) is 149 Å². The predicted octanol–water partition coefficient (Wildman–Crippen LogP) is -1.38. The molecule has 2 rings (SSSR count). The van der Waals surface area contributed by atoms with E-state index in [1.807, 2.05) is 19.0 Å². The Morgan fingerprint density at radius 2 is 1.97 bits per heavy atom. The van der Waals surface area contributed by atoms with E-state index in [9.17, 15) is 24.3 Å².